The molecule has 2 N–H and O–H groups in total. The van der Waals surface area contributed by atoms with Crippen molar-refractivity contribution >= 4 is 35.1 Å². The summed E-state index contributed by atoms with van der Waals surface area (Å²) in [6.45, 7) is 10.9. The van der Waals surface area contributed by atoms with Crippen LogP contribution in [0.15, 0.2) is 101 Å². The zero-order valence-electron chi connectivity index (χ0n) is 35.1. The number of aliphatic hydroxyl groups excluding tert-OH is 1. The quantitative estimate of drug-likeness (QED) is 0.101. The van der Waals surface area contributed by atoms with Gasteiger partial charge in [0.05, 0.1) is 38.6 Å². The van der Waals surface area contributed by atoms with Gasteiger partial charge in [0, 0.05) is 55.1 Å². The Morgan fingerprint density at radius 3 is 2.15 bits per heavy atom. The van der Waals surface area contributed by atoms with Crippen LogP contribution in [0.25, 0.3) is 0 Å². The zero-order valence-corrected chi connectivity index (χ0v) is 35.1. The second-order valence-corrected chi connectivity index (χ2v) is 16.1. The number of nitrogens with zero attached hydrogens (tertiary/aromatic N) is 3. The number of amides is 2. The minimum absolute atomic E-state index is 0.0188. The first-order chi connectivity index (χ1) is 27.9. The van der Waals surface area contributed by atoms with Gasteiger partial charge in [-0.15, -0.1) is 0 Å². The van der Waals surface area contributed by atoms with E-state index in [0.29, 0.717) is 46.1 Å². The zero-order chi connectivity index (χ0) is 43.1. The van der Waals surface area contributed by atoms with Crippen molar-refractivity contribution in [2.24, 2.45) is 4.99 Å². The van der Waals surface area contributed by atoms with Crippen LogP contribution in [-0.4, -0.2) is 74.3 Å². The van der Waals surface area contributed by atoms with Gasteiger partial charge in [0.1, 0.15) is 39.9 Å². The molecular weight excluding hydrogens is 756 g/mol. The number of aliphatic imine (C=N–C) groups is 1. The average Bonchev–Trinajstić information content (AvgIpc) is 3.17. The molecule has 2 amide bonds. The lowest BCUT2D eigenvalue weighted by Crippen LogP contribution is -2.38. The lowest BCUT2D eigenvalue weighted by atomic mass is 9.85. The van der Waals surface area contributed by atoms with E-state index in [1.54, 1.807) is 84.0 Å². The van der Waals surface area contributed by atoms with Gasteiger partial charge < -0.3 is 39.2 Å². The molecule has 0 heterocycles. The molecule has 1 aliphatic rings. The SMILES string of the molecule is COc1ccc(CN(C(=O)C2=C(O)Cc3c(cc(F)cc3N(C)Cc3ccccc3)C2=NCCNC(=O)OC(C)(C)C)c2ccc(C(=O)OC(C)(C)C)cc2)c(OC)c1. The molecule has 4 aromatic rings. The van der Waals surface area contributed by atoms with Crippen LogP contribution < -0.4 is 24.6 Å². The number of methoxy groups -OCH3 is 2. The number of aliphatic hydroxyl groups is 1. The topological polar surface area (TPSA) is 139 Å². The molecule has 0 bridgehead atoms. The largest absolute Gasteiger partial charge is 0.511 e. The number of carbonyl (C=O) groups is 3. The second kappa shape index (κ2) is 18.5. The van der Waals surface area contributed by atoms with Gasteiger partial charge in [-0.3, -0.25) is 9.79 Å². The molecule has 0 saturated heterocycles. The highest BCUT2D eigenvalue weighted by molar-refractivity contribution is 6.33. The van der Waals surface area contributed by atoms with Crippen LogP contribution in [0.5, 0.6) is 11.5 Å². The summed E-state index contributed by atoms with van der Waals surface area (Å²) < 4.78 is 37.8. The monoisotopic (exact) mass is 808 g/mol. The standard InChI is InChI=1S/C46H53FN4O8/c1-45(2,3)58-43(54)30-15-18-33(19-16-30)51(28-31-17-20-34(56-8)25-39(31)57-9)42(53)40-38(52)26-35-36(41(40)48-21-22-49-44(55)59-46(4,5)6)23-32(47)24-37(35)50(7)27-29-13-11-10-12-14-29/h10-20,23-25,52H,21-22,26-28H2,1-9H3,(H,49,55). The smallest absolute Gasteiger partial charge is 0.407 e. The van der Waals surface area contributed by atoms with Crippen LogP contribution in [-0.2, 0) is 33.8 Å². The molecule has 0 radical (unpaired) electrons. The molecule has 5 rings (SSSR count). The van der Waals surface area contributed by atoms with E-state index in [4.69, 9.17) is 23.9 Å². The number of esters is 1. The van der Waals surface area contributed by atoms with Crippen molar-refractivity contribution in [2.75, 3.05) is 44.2 Å². The Morgan fingerprint density at radius 2 is 1.53 bits per heavy atom. The van der Waals surface area contributed by atoms with E-state index in [9.17, 15) is 14.7 Å². The first-order valence-corrected chi connectivity index (χ1v) is 19.2. The summed E-state index contributed by atoms with van der Waals surface area (Å²) in [5, 5.41) is 14.7. The van der Waals surface area contributed by atoms with Crippen LogP contribution in [0.2, 0.25) is 0 Å². The van der Waals surface area contributed by atoms with Crippen LogP contribution in [0.3, 0.4) is 0 Å². The van der Waals surface area contributed by atoms with Crippen LogP contribution in [0.1, 0.15) is 74.2 Å². The van der Waals surface area contributed by atoms with Crippen molar-refractivity contribution in [3.05, 3.63) is 130 Å². The van der Waals surface area contributed by atoms with Crippen molar-refractivity contribution in [1.29, 1.82) is 0 Å². The Morgan fingerprint density at radius 1 is 0.847 bits per heavy atom. The van der Waals surface area contributed by atoms with Crippen LogP contribution in [0.4, 0.5) is 20.6 Å². The Bertz CT molecular complexity index is 2220. The number of hydrogen-bond donors (Lipinski definition) is 2. The summed E-state index contributed by atoms with van der Waals surface area (Å²) in [5.74, 6) is -1.05. The van der Waals surface area contributed by atoms with E-state index in [1.165, 1.54) is 31.3 Å². The molecule has 4 aromatic carbocycles. The minimum atomic E-state index is -0.729. The molecule has 0 unspecified atom stereocenters. The first kappa shape index (κ1) is 43.7. The molecule has 12 nitrogen and oxygen atoms in total. The third-order valence-electron chi connectivity index (χ3n) is 9.13. The molecule has 1 aliphatic carbocycles. The van der Waals surface area contributed by atoms with Crippen LogP contribution >= 0.6 is 0 Å². The number of nitrogens with one attached hydrogen (secondary N) is 1. The predicted octanol–water partition coefficient (Wildman–Crippen LogP) is 8.35. The average molecular weight is 809 g/mol. The molecule has 0 spiro atoms. The number of carbonyl (C=O) groups excluding carboxylic acids is 3. The molecule has 0 fully saturated rings. The normalized spacial score (nSPS) is 13.4. The number of benzene rings is 4. The number of allylic oxidation sites excluding steroid dienone is 1. The van der Waals surface area contributed by atoms with E-state index in [1.807, 2.05) is 42.3 Å². The second-order valence-electron chi connectivity index (χ2n) is 16.1. The van der Waals surface area contributed by atoms with E-state index in [2.05, 4.69) is 5.32 Å². The number of anilines is 2. The highest BCUT2D eigenvalue weighted by atomic mass is 19.1. The van der Waals surface area contributed by atoms with Gasteiger partial charge in [-0.05, 0) is 101 Å². The number of ether oxygens (including phenoxy) is 4. The molecule has 0 aliphatic heterocycles. The summed E-state index contributed by atoms with van der Waals surface area (Å²) in [4.78, 5) is 48.7. The summed E-state index contributed by atoms with van der Waals surface area (Å²) >= 11 is 0. The van der Waals surface area contributed by atoms with Gasteiger partial charge in [0.2, 0.25) is 0 Å². The van der Waals surface area contributed by atoms with Crippen molar-refractivity contribution in [3.8, 4) is 11.5 Å². The van der Waals surface area contributed by atoms with Gasteiger partial charge in [0.15, 0.2) is 0 Å². The van der Waals surface area contributed by atoms with Crippen molar-refractivity contribution in [2.45, 2.75) is 72.3 Å². The highest BCUT2D eigenvalue weighted by Crippen LogP contribution is 2.37. The molecule has 312 valence electrons. The molecule has 13 heteroatoms. The number of halogens is 1. The van der Waals surface area contributed by atoms with Gasteiger partial charge in [-0.1, -0.05) is 30.3 Å². The molecule has 0 aromatic heterocycles. The van der Waals surface area contributed by atoms with Crippen molar-refractivity contribution in [3.63, 3.8) is 0 Å². The fourth-order valence-corrected chi connectivity index (χ4v) is 6.54. The van der Waals surface area contributed by atoms with E-state index in [-0.39, 0.29) is 48.7 Å². The van der Waals surface area contributed by atoms with E-state index in [0.717, 1.165) is 5.56 Å². The Labute approximate surface area is 345 Å². The van der Waals surface area contributed by atoms with Gasteiger partial charge in [-0.25, -0.2) is 14.0 Å². The first-order valence-electron chi connectivity index (χ1n) is 19.2. The maximum Gasteiger partial charge on any atom is 0.407 e. The molecule has 0 atom stereocenters. The van der Waals surface area contributed by atoms with Crippen molar-refractivity contribution < 1.29 is 42.8 Å². The molecule has 59 heavy (non-hydrogen) atoms. The maximum atomic E-state index is 15.8. The number of fused-ring (bicyclic) bond motifs is 1. The molecular formula is C46H53FN4O8. The lowest BCUT2D eigenvalue weighted by molar-refractivity contribution is -0.115. The van der Waals surface area contributed by atoms with Crippen molar-refractivity contribution in [1.82, 2.24) is 5.32 Å². The maximum absolute atomic E-state index is 15.8. The van der Waals surface area contributed by atoms with Crippen LogP contribution in [0, 0.1) is 5.82 Å². The third kappa shape index (κ3) is 11.4. The summed E-state index contributed by atoms with van der Waals surface area (Å²) in [5.41, 5.74) is 2.09. The number of rotatable bonds is 13. The van der Waals surface area contributed by atoms with E-state index < -0.39 is 35.0 Å². The van der Waals surface area contributed by atoms with Gasteiger partial charge >= 0.3 is 12.1 Å². The number of alkyl carbamates (subject to hydrolysis) is 1. The summed E-state index contributed by atoms with van der Waals surface area (Å²) in [6, 6.07) is 23.9. The summed E-state index contributed by atoms with van der Waals surface area (Å²) in [6.07, 6.45) is -0.751. The fraction of sp³-hybridized carbons (Fsp3) is 0.348. The summed E-state index contributed by atoms with van der Waals surface area (Å²) in [7, 11) is 4.86. The Balaban J connectivity index is 1.62. The van der Waals surface area contributed by atoms with Gasteiger partial charge in [0.25, 0.3) is 5.91 Å². The highest BCUT2D eigenvalue weighted by Gasteiger charge is 2.35. The fourth-order valence-electron chi connectivity index (χ4n) is 6.54. The Hall–Kier alpha value is -6.37. The lowest BCUT2D eigenvalue weighted by Gasteiger charge is -2.31. The Kier molecular flexibility index (Phi) is 13.7. The van der Waals surface area contributed by atoms with Gasteiger partial charge in [-0.2, -0.15) is 0 Å². The predicted molar refractivity (Wildman–Crippen MR) is 226 cm³/mol. The van der Waals surface area contributed by atoms with E-state index >= 15 is 9.18 Å². The minimum Gasteiger partial charge on any atom is -0.511 e. The third-order valence-corrected chi connectivity index (χ3v) is 9.13. The number of hydrogen-bond acceptors (Lipinski definition) is 10. The molecule has 0 saturated carbocycles.